The zero-order valence-electron chi connectivity index (χ0n) is 73.1. The summed E-state index contributed by atoms with van der Waals surface area (Å²) in [6.45, 7) is 16.9. The summed E-state index contributed by atoms with van der Waals surface area (Å²) in [4.78, 5) is 55.0. The number of nitriles is 1. The number of carbonyl (C=O) groups is 4. The minimum atomic E-state index is -1.76. The largest absolute Gasteiger partial charge is 0.494 e. The molecule has 14 aromatic rings. The van der Waals surface area contributed by atoms with Gasteiger partial charge in [-0.3, -0.25) is 0 Å². The normalized spacial score (nSPS) is 18.6. The third kappa shape index (κ3) is 18.7. The molecule has 3 aliphatic heterocycles. The maximum Gasteiger partial charge on any atom is 0.343 e. The zero-order valence-corrected chi connectivity index (χ0v) is 73.1. The maximum atomic E-state index is 13.7. The first-order valence-corrected chi connectivity index (χ1v) is 44.9. The molecule has 656 valence electrons. The van der Waals surface area contributed by atoms with Crippen LogP contribution in [-0.2, 0) is 57.9 Å². The Balaban J connectivity index is 0.000000139. The number of fused-ring (bicyclic) bond motifs is 9. The van der Waals surface area contributed by atoms with Crippen molar-refractivity contribution in [2.24, 2.45) is 0 Å². The third-order valence-electron chi connectivity index (χ3n) is 25.6. The van der Waals surface area contributed by atoms with Crippen molar-refractivity contribution in [1.82, 2.24) is 0 Å². The second kappa shape index (κ2) is 39.1. The predicted octanol–water partition coefficient (Wildman–Crippen LogP) is 22.9. The fourth-order valence-corrected chi connectivity index (χ4v) is 18.9. The van der Waals surface area contributed by atoms with E-state index >= 15 is 0 Å². The number of aryl methyl sites for hydroxylation is 2. The molecule has 0 radical (unpaired) electrons. The quantitative estimate of drug-likeness (QED) is 0.0222. The first-order valence-electron chi connectivity index (χ1n) is 44.9. The second-order valence-corrected chi connectivity index (χ2v) is 34.4. The van der Waals surface area contributed by atoms with Crippen molar-refractivity contribution in [1.29, 1.82) is 5.26 Å². The Morgan fingerprint density at radius 3 is 1.12 bits per heavy atom. The van der Waals surface area contributed by atoms with Crippen LogP contribution < -0.4 is 18.9 Å². The summed E-state index contributed by atoms with van der Waals surface area (Å²) in [6, 6.07) is 96.9. The molecular formula is C112H102N2O16. The molecular weight excluding hydrogens is 1630 g/mol. The highest BCUT2D eigenvalue weighted by Gasteiger charge is 2.62. The van der Waals surface area contributed by atoms with Gasteiger partial charge in [0.25, 0.3) is 0 Å². The molecule has 14 aromatic carbocycles. The van der Waals surface area contributed by atoms with Gasteiger partial charge in [-0.25, -0.2) is 24.0 Å². The van der Waals surface area contributed by atoms with Gasteiger partial charge in [-0.1, -0.05) is 246 Å². The van der Waals surface area contributed by atoms with Gasteiger partial charge >= 0.3 is 23.9 Å². The van der Waals surface area contributed by atoms with E-state index in [2.05, 4.69) is 61.2 Å². The molecule has 18 nitrogen and oxygen atoms in total. The van der Waals surface area contributed by atoms with Crippen LogP contribution in [0.5, 0.6) is 23.0 Å². The standard InChI is InChI=1S/C47H38O4.C33H22N2O4.C32H42O8/c1-45(2)50-43(46(48,39-23-19-31-11-3-7-15-35(31)27-39)40-24-20-32-12-4-8-16-36(32)28-40)44(51-45)47(49,41-25-21-33-13-5-9-17-37(33)29-41)42-26-22-34-14-6-10-18-38(34)30-42;1-35-26-14-12-25(13-15-26)32(37)39-28-7-3-5-23-17-19-33(30(23)28)18-16-22-4-2-6-27(29(22)33)38-31(36)24-10-8-21(20-34)9-11-24;1-3-5-7-9-19-35-25-15-11-23(12-16-25)31(33)39-27-21-37-30-28(22-38-29(27)30)40-32(34)24-13-17-26(18-14-24)36-20-10-8-6-4-2/h3-30,43-44,48-49H,1-2H3;2-15H,16-19H2;11-18,27-30H,3-10,19-22H2,1-2H3/t43-,44?;;27-,28-,29-,30-/m1.1/s1. The van der Waals surface area contributed by atoms with E-state index in [0.29, 0.717) is 80.5 Å². The fourth-order valence-electron chi connectivity index (χ4n) is 18.9. The fraction of sp³-hybridized carbons (Fsp3) is 0.268. The molecule has 2 unspecified atom stereocenters. The van der Waals surface area contributed by atoms with E-state index in [1.54, 1.807) is 97.1 Å². The van der Waals surface area contributed by atoms with Crippen LogP contribution in [-0.4, -0.2) is 103 Å². The average Bonchev–Trinajstić information content (AvgIpc) is 1.44. The zero-order chi connectivity index (χ0) is 89.9. The number of esters is 4. The van der Waals surface area contributed by atoms with Crippen LogP contribution in [0.25, 0.3) is 47.9 Å². The summed E-state index contributed by atoms with van der Waals surface area (Å²) in [7, 11) is 0. The molecule has 3 saturated heterocycles. The molecule has 0 bridgehead atoms. The predicted molar refractivity (Wildman–Crippen MR) is 500 cm³/mol. The third-order valence-corrected chi connectivity index (χ3v) is 25.6. The second-order valence-electron chi connectivity index (χ2n) is 34.4. The maximum absolute atomic E-state index is 13.7. The monoisotopic (exact) mass is 1730 g/mol. The summed E-state index contributed by atoms with van der Waals surface area (Å²) in [6.07, 6.45) is 8.12. The van der Waals surface area contributed by atoms with E-state index in [-0.39, 0.29) is 13.2 Å². The van der Waals surface area contributed by atoms with Gasteiger partial charge in [0.1, 0.15) is 58.6 Å². The lowest BCUT2D eigenvalue weighted by Crippen LogP contribution is -2.55. The summed E-state index contributed by atoms with van der Waals surface area (Å²) in [5, 5.41) is 44.6. The number of hydrogen-bond donors (Lipinski definition) is 2. The number of carbonyl (C=O) groups excluding carboxylic acids is 4. The molecule has 18 heteroatoms. The molecule has 3 fully saturated rings. The van der Waals surface area contributed by atoms with Crippen LogP contribution in [0.4, 0.5) is 5.69 Å². The van der Waals surface area contributed by atoms with Crippen molar-refractivity contribution >= 4 is 72.7 Å². The van der Waals surface area contributed by atoms with Crippen LogP contribution in [0.15, 0.2) is 303 Å². The highest BCUT2D eigenvalue weighted by atomic mass is 16.8. The molecule has 3 heterocycles. The van der Waals surface area contributed by atoms with Gasteiger partial charge in [0.05, 0.1) is 66.9 Å². The first-order chi connectivity index (χ1) is 63.3. The molecule has 1 spiro atoms. The number of unbranched alkanes of at least 4 members (excludes halogenated alkanes) is 6. The Labute approximate surface area is 756 Å². The number of benzene rings is 14. The van der Waals surface area contributed by atoms with Gasteiger partial charge in [-0.2, -0.15) is 5.26 Å². The van der Waals surface area contributed by atoms with Crippen molar-refractivity contribution in [2.45, 2.75) is 164 Å². The number of aliphatic hydroxyl groups is 2. The average molecular weight is 1730 g/mol. The van der Waals surface area contributed by atoms with Crippen molar-refractivity contribution in [3.63, 3.8) is 0 Å². The highest BCUT2D eigenvalue weighted by molar-refractivity contribution is 5.94. The Morgan fingerprint density at radius 1 is 0.423 bits per heavy atom. The Bertz CT molecular complexity index is 6000. The molecule has 0 saturated carbocycles. The van der Waals surface area contributed by atoms with Crippen molar-refractivity contribution in [3.05, 3.63) is 387 Å². The van der Waals surface area contributed by atoms with Crippen LogP contribution in [0.2, 0.25) is 0 Å². The number of rotatable bonds is 26. The van der Waals surface area contributed by atoms with Crippen LogP contribution >= 0.6 is 0 Å². The van der Waals surface area contributed by atoms with Gasteiger partial charge in [0, 0.05) is 16.5 Å². The van der Waals surface area contributed by atoms with Crippen molar-refractivity contribution in [3.8, 4) is 29.1 Å². The van der Waals surface area contributed by atoms with E-state index in [1.807, 2.05) is 184 Å². The topological polar surface area (TPSA) is 229 Å². The van der Waals surface area contributed by atoms with Crippen molar-refractivity contribution in [2.75, 3.05) is 26.4 Å². The lowest BCUT2D eigenvalue weighted by molar-refractivity contribution is -0.172. The molecule has 7 atom stereocenters. The van der Waals surface area contributed by atoms with E-state index in [0.717, 1.165) is 128 Å². The smallest absolute Gasteiger partial charge is 0.343 e. The lowest BCUT2D eigenvalue weighted by Gasteiger charge is -2.43. The molecule has 2 aliphatic carbocycles. The van der Waals surface area contributed by atoms with Crippen LogP contribution in [0, 0.1) is 17.9 Å². The van der Waals surface area contributed by atoms with E-state index in [4.69, 9.17) is 59.2 Å². The Morgan fingerprint density at radius 2 is 0.769 bits per heavy atom. The van der Waals surface area contributed by atoms with Gasteiger partial charge in [-0.15, -0.1) is 0 Å². The number of ether oxygens (including phenoxy) is 10. The van der Waals surface area contributed by atoms with Gasteiger partial charge in [0.2, 0.25) is 0 Å². The Hall–Kier alpha value is -13.7. The summed E-state index contributed by atoms with van der Waals surface area (Å²) in [5.74, 6) is -0.583. The van der Waals surface area contributed by atoms with E-state index in [9.17, 15) is 29.4 Å². The van der Waals surface area contributed by atoms with Crippen LogP contribution in [0.1, 0.15) is 183 Å². The number of hydrogen-bond acceptors (Lipinski definition) is 17. The number of nitrogens with zero attached hydrogens (tertiary/aromatic N) is 2. The summed E-state index contributed by atoms with van der Waals surface area (Å²) < 4.78 is 60.3. The molecule has 0 aromatic heterocycles. The van der Waals surface area contributed by atoms with Gasteiger partial charge in [0.15, 0.2) is 23.7 Å². The van der Waals surface area contributed by atoms with Gasteiger partial charge in [-0.05, 0) is 238 Å². The molecule has 5 aliphatic rings. The summed E-state index contributed by atoms with van der Waals surface area (Å²) in [5.41, 5.74) is 5.31. The molecule has 2 N–H and O–H groups in total. The van der Waals surface area contributed by atoms with Crippen molar-refractivity contribution < 1.29 is 76.8 Å². The first kappa shape index (κ1) is 88.4. The van der Waals surface area contributed by atoms with E-state index in [1.165, 1.54) is 25.7 Å². The minimum Gasteiger partial charge on any atom is -0.494 e. The van der Waals surface area contributed by atoms with Crippen LogP contribution in [0.3, 0.4) is 0 Å². The molecule has 19 rings (SSSR count). The van der Waals surface area contributed by atoms with Gasteiger partial charge < -0.3 is 57.6 Å². The molecule has 130 heavy (non-hydrogen) atoms. The van der Waals surface area contributed by atoms with E-state index < -0.39 is 82.9 Å². The highest BCUT2D eigenvalue weighted by Crippen LogP contribution is 2.58. The minimum absolute atomic E-state index is 0.179. The SMILES string of the molecule is CC1(C)OC(C(O)(c2ccc3ccccc3c2)c2ccc3ccccc3c2)[C@H](C(O)(c2ccc3ccccc3c2)c2ccc3ccccc3c2)O1.CCCCCCOc1ccc(C(=O)O[C@@H]2CO[C@H]3[C@@H]2OC[C@H]3OC(=O)c2ccc(OCCCCCC)cc2)cc1.[C-]#[N+]c1ccc(C(=O)Oc2cccc3c2C2(CCc4cccc(OC(=O)c5ccc(C#N)cc5)c42)CC3)cc1. The summed E-state index contributed by atoms with van der Waals surface area (Å²) >= 11 is 0. The molecule has 0 amide bonds. The lowest BCUT2D eigenvalue weighted by atomic mass is 9.71. The Kier molecular flexibility index (Phi) is 26.6.